The summed E-state index contributed by atoms with van der Waals surface area (Å²) in [5.74, 6) is 4.69. The third-order valence-electron chi connectivity index (χ3n) is 5.26. The van der Waals surface area contributed by atoms with E-state index in [2.05, 4.69) is 32.3 Å². The molecule has 164 valence electrons. The van der Waals surface area contributed by atoms with Gasteiger partial charge in [0.05, 0.1) is 6.54 Å². The van der Waals surface area contributed by atoms with E-state index in [1.165, 1.54) is 19.3 Å². The summed E-state index contributed by atoms with van der Waals surface area (Å²) in [5, 5.41) is 15.5. The van der Waals surface area contributed by atoms with Crippen molar-refractivity contribution in [2.45, 2.75) is 58.5 Å². The minimum Gasteiger partial charge on any atom is -0.454 e. The van der Waals surface area contributed by atoms with E-state index < -0.39 is 0 Å². The van der Waals surface area contributed by atoms with E-state index >= 15 is 0 Å². The molecular formula is C21H31IN6O2. The first-order valence-electron chi connectivity index (χ1n) is 10.6. The maximum atomic E-state index is 5.44. The first-order chi connectivity index (χ1) is 14.3. The second-order valence-electron chi connectivity index (χ2n) is 7.41. The molecule has 1 aromatic carbocycles. The minimum atomic E-state index is 0. The van der Waals surface area contributed by atoms with Crippen LogP contribution in [0.2, 0.25) is 0 Å². The third kappa shape index (κ3) is 5.77. The van der Waals surface area contributed by atoms with Crippen molar-refractivity contribution in [3.63, 3.8) is 0 Å². The van der Waals surface area contributed by atoms with Gasteiger partial charge >= 0.3 is 0 Å². The number of aryl methyl sites for hydroxylation is 2. The molecule has 2 N–H and O–H groups in total. The summed E-state index contributed by atoms with van der Waals surface area (Å²) >= 11 is 0. The summed E-state index contributed by atoms with van der Waals surface area (Å²) in [4.78, 5) is 4.69. The predicted molar refractivity (Wildman–Crippen MR) is 127 cm³/mol. The molecule has 2 aliphatic heterocycles. The summed E-state index contributed by atoms with van der Waals surface area (Å²) in [5.41, 5.74) is 1.10. The lowest BCUT2D eigenvalue weighted by molar-refractivity contribution is 0.174. The first kappa shape index (κ1) is 22.6. The topological polar surface area (TPSA) is 85.6 Å². The highest BCUT2D eigenvalue weighted by atomic mass is 127. The number of hydrogen-bond acceptors (Lipinski definition) is 5. The fourth-order valence-corrected chi connectivity index (χ4v) is 3.73. The summed E-state index contributed by atoms with van der Waals surface area (Å²) in [6.45, 7) is 5.68. The second-order valence-corrected chi connectivity index (χ2v) is 7.41. The van der Waals surface area contributed by atoms with E-state index in [1.54, 1.807) is 0 Å². The average Bonchev–Trinajstić information content (AvgIpc) is 3.29. The molecule has 2 aromatic rings. The van der Waals surface area contributed by atoms with Crippen LogP contribution in [-0.2, 0) is 25.9 Å². The number of halogens is 1. The van der Waals surface area contributed by atoms with Gasteiger partial charge in [-0.2, -0.15) is 0 Å². The van der Waals surface area contributed by atoms with E-state index in [9.17, 15) is 0 Å². The van der Waals surface area contributed by atoms with Crippen molar-refractivity contribution in [2.24, 2.45) is 4.99 Å². The van der Waals surface area contributed by atoms with Gasteiger partial charge in [-0.25, -0.2) is 4.99 Å². The number of rotatable bonds is 7. The number of nitrogens with zero attached hydrogens (tertiary/aromatic N) is 4. The number of ether oxygens (including phenoxy) is 2. The molecule has 0 aliphatic carbocycles. The Morgan fingerprint density at radius 3 is 2.93 bits per heavy atom. The van der Waals surface area contributed by atoms with Crippen molar-refractivity contribution >= 4 is 29.9 Å². The van der Waals surface area contributed by atoms with Crippen LogP contribution < -0.4 is 20.1 Å². The van der Waals surface area contributed by atoms with E-state index in [1.807, 2.05) is 18.2 Å². The summed E-state index contributed by atoms with van der Waals surface area (Å²) in [7, 11) is 0. The zero-order valence-corrected chi connectivity index (χ0v) is 19.9. The zero-order chi connectivity index (χ0) is 19.9. The lowest BCUT2D eigenvalue weighted by atomic mass is 10.2. The van der Waals surface area contributed by atoms with E-state index in [-0.39, 0.29) is 24.0 Å². The number of nitrogens with one attached hydrogen (secondary N) is 2. The van der Waals surface area contributed by atoms with Crippen molar-refractivity contribution in [3.05, 3.63) is 35.4 Å². The predicted octanol–water partition coefficient (Wildman–Crippen LogP) is 3.04. The molecule has 0 saturated heterocycles. The molecular weight excluding hydrogens is 495 g/mol. The van der Waals surface area contributed by atoms with Gasteiger partial charge in [0, 0.05) is 32.5 Å². The van der Waals surface area contributed by atoms with Gasteiger partial charge in [0.15, 0.2) is 17.5 Å². The second kappa shape index (κ2) is 11.4. The number of hydrogen-bond donors (Lipinski definition) is 2. The molecule has 4 rings (SSSR count). The summed E-state index contributed by atoms with van der Waals surface area (Å²) < 4.78 is 13.1. The third-order valence-corrected chi connectivity index (χ3v) is 5.26. The molecule has 0 fully saturated rings. The van der Waals surface area contributed by atoms with Crippen molar-refractivity contribution < 1.29 is 9.47 Å². The first-order valence-corrected chi connectivity index (χ1v) is 10.6. The lowest BCUT2D eigenvalue weighted by Crippen LogP contribution is -2.37. The Kier molecular flexibility index (Phi) is 8.59. The van der Waals surface area contributed by atoms with Crippen molar-refractivity contribution in [2.75, 3.05) is 19.9 Å². The maximum absolute atomic E-state index is 5.44. The van der Waals surface area contributed by atoms with Gasteiger partial charge in [-0.3, -0.25) is 0 Å². The van der Waals surface area contributed by atoms with Gasteiger partial charge in [0.2, 0.25) is 6.79 Å². The highest BCUT2D eigenvalue weighted by molar-refractivity contribution is 14.0. The highest BCUT2D eigenvalue weighted by Crippen LogP contribution is 2.32. The SMILES string of the molecule is CCNC(=NCc1ccc2c(c1)OCO2)NCCCc1nnc2n1CCCCC2.I. The van der Waals surface area contributed by atoms with Crippen LogP contribution in [0.5, 0.6) is 11.5 Å². The van der Waals surface area contributed by atoms with Crippen LogP contribution in [0.15, 0.2) is 23.2 Å². The van der Waals surface area contributed by atoms with Crippen LogP contribution in [-0.4, -0.2) is 40.6 Å². The van der Waals surface area contributed by atoms with Crippen molar-refractivity contribution in [3.8, 4) is 11.5 Å². The number of aromatic nitrogens is 3. The van der Waals surface area contributed by atoms with Crippen LogP contribution in [0.4, 0.5) is 0 Å². The molecule has 0 unspecified atom stereocenters. The minimum absolute atomic E-state index is 0. The smallest absolute Gasteiger partial charge is 0.231 e. The van der Waals surface area contributed by atoms with E-state index in [4.69, 9.17) is 14.5 Å². The lowest BCUT2D eigenvalue weighted by Gasteiger charge is -2.12. The Morgan fingerprint density at radius 1 is 1.13 bits per heavy atom. The Labute approximate surface area is 194 Å². The van der Waals surface area contributed by atoms with E-state index in [0.29, 0.717) is 13.3 Å². The Balaban J connectivity index is 0.00000256. The normalized spacial score (nSPS) is 15.2. The largest absolute Gasteiger partial charge is 0.454 e. The average molecular weight is 526 g/mol. The monoisotopic (exact) mass is 526 g/mol. The van der Waals surface area contributed by atoms with Crippen LogP contribution in [0.3, 0.4) is 0 Å². The maximum Gasteiger partial charge on any atom is 0.231 e. The molecule has 0 atom stereocenters. The molecule has 9 heteroatoms. The summed E-state index contributed by atoms with van der Waals surface area (Å²) in [6, 6.07) is 5.96. The molecule has 30 heavy (non-hydrogen) atoms. The van der Waals surface area contributed by atoms with Gasteiger partial charge in [-0.15, -0.1) is 34.2 Å². The molecule has 0 spiro atoms. The zero-order valence-electron chi connectivity index (χ0n) is 17.5. The fourth-order valence-electron chi connectivity index (χ4n) is 3.73. The van der Waals surface area contributed by atoms with Crippen LogP contribution in [0, 0.1) is 0 Å². The van der Waals surface area contributed by atoms with Crippen LogP contribution in [0.25, 0.3) is 0 Å². The Bertz CT molecular complexity index is 854. The van der Waals surface area contributed by atoms with Gasteiger partial charge < -0.3 is 24.7 Å². The van der Waals surface area contributed by atoms with Gasteiger partial charge in [0.1, 0.15) is 11.6 Å². The number of aliphatic imine (C=N–C) groups is 1. The van der Waals surface area contributed by atoms with Crippen molar-refractivity contribution in [1.82, 2.24) is 25.4 Å². The molecule has 0 radical (unpaired) electrons. The number of benzene rings is 1. The Hall–Kier alpha value is -2.04. The van der Waals surface area contributed by atoms with Crippen molar-refractivity contribution in [1.29, 1.82) is 0 Å². The van der Waals surface area contributed by atoms with Gasteiger partial charge in [-0.05, 0) is 43.9 Å². The van der Waals surface area contributed by atoms with Gasteiger partial charge in [0.25, 0.3) is 0 Å². The molecule has 0 bridgehead atoms. The number of fused-ring (bicyclic) bond motifs is 2. The molecule has 2 aliphatic rings. The molecule has 8 nitrogen and oxygen atoms in total. The highest BCUT2D eigenvalue weighted by Gasteiger charge is 2.14. The fraction of sp³-hybridized carbons (Fsp3) is 0.571. The Morgan fingerprint density at radius 2 is 2.03 bits per heavy atom. The van der Waals surface area contributed by atoms with Crippen LogP contribution in [0.1, 0.15) is 49.8 Å². The van der Waals surface area contributed by atoms with E-state index in [0.717, 1.165) is 73.6 Å². The molecule has 0 amide bonds. The molecule has 3 heterocycles. The van der Waals surface area contributed by atoms with Crippen LogP contribution >= 0.6 is 24.0 Å². The standard InChI is InChI=1S/C21H30N6O2.HI/c1-2-22-21(24-14-16-9-10-17-18(13-16)29-15-28-17)23-11-6-8-20-26-25-19-7-4-3-5-12-27(19)20;/h9-10,13H,2-8,11-12,14-15H2,1H3,(H2,22,23,24);1H. The molecule has 0 saturated carbocycles. The van der Waals surface area contributed by atoms with Gasteiger partial charge in [-0.1, -0.05) is 12.5 Å². The molecule has 1 aromatic heterocycles. The summed E-state index contributed by atoms with van der Waals surface area (Å²) in [6.07, 6.45) is 6.73. The quantitative estimate of drug-likeness (QED) is 0.250. The number of guanidine groups is 1.